The lowest BCUT2D eigenvalue weighted by Crippen LogP contribution is -2.08. The molecular weight excluding hydrogens is 192 g/mol. The Morgan fingerprint density at radius 1 is 1.27 bits per heavy atom. The first-order valence-corrected chi connectivity index (χ1v) is 4.63. The molecule has 0 fully saturated rings. The maximum atomic E-state index is 5.47. The minimum atomic E-state index is 0.564. The lowest BCUT2D eigenvalue weighted by atomic mass is 10.3. The van der Waals surface area contributed by atoms with E-state index in [-0.39, 0.29) is 0 Å². The van der Waals surface area contributed by atoms with Gasteiger partial charge in [0.1, 0.15) is 0 Å². The first-order chi connectivity index (χ1) is 7.34. The van der Waals surface area contributed by atoms with E-state index in [1.807, 2.05) is 0 Å². The van der Waals surface area contributed by atoms with Crippen LogP contribution in [-0.4, -0.2) is 26.5 Å². The predicted molar refractivity (Wildman–Crippen MR) is 57.2 cm³/mol. The average molecular weight is 204 g/mol. The van der Waals surface area contributed by atoms with Crippen LogP contribution < -0.4 is 11.1 Å². The van der Waals surface area contributed by atoms with Gasteiger partial charge in [-0.15, -0.1) is 0 Å². The molecule has 0 radical (unpaired) electrons. The van der Waals surface area contributed by atoms with E-state index < -0.39 is 0 Å². The van der Waals surface area contributed by atoms with Crippen molar-refractivity contribution >= 4 is 11.6 Å². The van der Waals surface area contributed by atoms with Crippen LogP contribution in [0.1, 0.15) is 5.69 Å². The van der Waals surface area contributed by atoms with Gasteiger partial charge < -0.3 is 16.0 Å². The largest absolute Gasteiger partial charge is 0.396 e. The van der Waals surface area contributed by atoms with Crippen molar-refractivity contribution in [1.82, 2.24) is 19.9 Å². The average Bonchev–Trinajstić information content (AvgIpc) is 2.74. The number of H-pyrrole nitrogens is 1. The number of aromatic nitrogens is 4. The molecule has 4 N–H and O–H groups in total. The molecule has 78 valence electrons. The zero-order valence-corrected chi connectivity index (χ0v) is 8.14. The predicted octanol–water partition coefficient (Wildman–Crippen LogP) is 0.436. The summed E-state index contributed by atoms with van der Waals surface area (Å²) < 4.78 is 0. The number of nitrogens with two attached hydrogens (primary N) is 1. The van der Waals surface area contributed by atoms with Gasteiger partial charge in [0, 0.05) is 24.9 Å². The van der Waals surface area contributed by atoms with Gasteiger partial charge in [0.15, 0.2) is 0 Å². The zero-order valence-electron chi connectivity index (χ0n) is 8.14. The molecule has 0 aliphatic rings. The second-order valence-corrected chi connectivity index (χ2v) is 3.09. The molecule has 2 rings (SSSR count). The second kappa shape index (κ2) is 4.41. The highest BCUT2D eigenvalue weighted by Crippen LogP contribution is 2.01. The number of aromatic amines is 1. The van der Waals surface area contributed by atoms with Crippen LogP contribution in [-0.2, 0) is 6.42 Å². The lowest BCUT2D eigenvalue weighted by Gasteiger charge is -2.02. The van der Waals surface area contributed by atoms with E-state index >= 15 is 0 Å². The Hall–Kier alpha value is -2.11. The minimum absolute atomic E-state index is 0.564. The molecular formula is C9H12N6. The molecule has 0 unspecified atom stereocenters. The Morgan fingerprint density at radius 3 is 2.73 bits per heavy atom. The summed E-state index contributed by atoms with van der Waals surface area (Å²) in [5, 5.41) is 3.08. The number of imidazole rings is 1. The van der Waals surface area contributed by atoms with Crippen molar-refractivity contribution in [3.8, 4) is 0 Å². The van der Waals surface area contributed by atoms with Gasteiger partial charge in [0.2, 0.25) is 5.95 Å². The Bertz CT molecular complexity index is 393. The zero-order chi connectivity index (χ0) is 10.5. The molecule has 0 aliphatic carbocycles. The number of hydrogen-bond acceptors (Lipinski definition) is 5. The van der Waals surface area contributed by atoms with Crippen LogP contribution in [0.25, 0.3) is 0 Å². The van der Waals surface area contributed by atoms with Gasteiger partial charge in [-0.3, -0.25) is 0 Å². The van der Waals surface area contributed by atoms with Crippen LogP contribution in [0.3, 0.4) is 0 Å². The van der Waals surface area contributed by atoms with Crippen LogP contribution in [0.2, 0.25) is 0 Å². The van der Waals surface area contributed by atoms with Gasteiger partial charge in [-0.25, -0.2) is 15.0 Å². The number of rotatable bonds is 4. The van der Waals surface area contributed by atoms with Gasteiger partial charge in [-0.05, 0) is 0 Å². The number of nitrogens with one attached hydrogen (secondary N) is 2. The third-order valence-electron chi connectivity index (χ3n) is 1.90. The number of nitrogen functional groups attached to an aromatic ring is 1. The summed E-state index contributed by atoms with van der Waals surface area (Å²) in [6.07, 6.45) is 7.46. The monoisotopic (exact) mass is 204 g/mol. The van der Waals surface area contributed by atoms with Crippen molar-refractivity contribution in [2.75, 3.05) is 17.6 Å². The van der Waals surface area contributed by atoms with Crippen molar-refractivity contribution in [2.45, 2.75) is 6.42 Å². The Kier molecular flexibility index (Phi) is 2.77. The summed E-state index contributed by atoms with van der Waals surface area (Å²) in [7, 11) is 0. The van der Waals surface area contributed by atoms with Crippen LogP contribution in [0.15, 0.2) is 24.9 Å². The van der Waals surface area contributed by atoms with Crippen molar-refractivity contribution in [1.29, 1.82) is 0 Å². The molecule has 15 heavy (non-hydrogen) atoms. The molecule has 0 bridgehead atoms. The molecule has 0 spiro atoms. The maximum Gasteiger partial charge on any atom is 0.222 e. The topological polar surface area (TPSA) is 92.5 Å². The van der Waals surface area contributed by atoms with E-state index in [1.165, 1.54) is 0 Å². The fourth-order valence-corrected chi connectivity index (χ4v) is 1.16. The quantitative estimate of drug-likeness (QED) is 0.671. The molecule has 6 heteroatoms. The first kappa shape index (κ1) is 9.45. The van der Waals surface area contributed by atoms with Crippen LogP contribution in [0.4, 0.5) is 11.6 Å². The highest BCUT2D eigenvalue weighted by atomic mass is 15.1. The third-order valence-corrected chi connectivity index (χ3v) is 1.90. The van der Waals surface area contributed by atoms with Crippen LogP contribution >= 0.6 is 0 Å². The molecule has 2 aromatic rings. The van der Waals surface area contributed by atoms with Gasteiger partial charge in [0.05, 0.1) is 24.4 Å². The van der Waals surface area contributed by atoms with E-state index in [9.17, 15) is 0 Å². The molecule has 2 heterocycles. The number of anilines is 2. The maximum absolute atomic E-state index is 5.47. The molecule has 2 aromatic heterocycles. The van der Waals surface area contributed by atoms with E-state index in [2.05, 4.69) is 25.3 Å². The molecule has 0 aromatic carbocycles. The highest BCUT2D eigenvalue weighted by Gasteiger charge is 1.96. The van der Waals surface area contributed by atoms with Crippen molar-refractivity contribution < 1.29 is 0 Å². The van der Waals surface area contributed by atoms with E-state index in [4.69, 9.17) is 5.73 Å². The summed E-state index contributed by atoms with van der Waals surface area (Å²) in [6, 6.07) is 0. The summed E-state index contributed by atoms with van der Waals surface area (Å²) in [5.41, 5.74) is 7.11. The molecule has 0 saturated heterocycles. The lowest BCUT2D eigenvalue weighted by molar-refractivity contribution is 0.953. The SMILES string of the molecule is Nc1cnc(NCCc2cnc[nH]2)nc1. The van der Waals surface area contributed by atoms with E-state index in [0.29, 0.717) is 11.6 Å². The normalized spacial score (nSPS) is 10.1. The van der Waals surface area contributed by atoms with E-state index in [0.717, 1.165) is 18.7 Å². The summed E-state index contributed by atoms with van der Waals surface area (Å²) in [5.74, 6) is 0.587. The van der Waals surface area contributed by atoms with Crippen LogP contribution in [0, 0.1) is 0 Å². The van der Waals surface area contributed by atoms with Gasteiger partial charge >= 0.3 is 0 Å². The Balaban J connectivity index is 1.81. The Morgan fingerprint density at radius 2 is 2.07 bits per heavy atom. The van der Waals surface area contributed by atoms with Gasteiger partial charge in [0.25, 0.3) is 0 Å². The van der Waals surface area contributed by atoms with Gasteiger partial charge in [-0.1, -0.05) is 0 Å². The summed E-state index contributed by atoms with van der Waals surface area (Å²) in [4.78, 5) is 15.0. The fraction of sp³-hybridized carbons (Fsp3) is 0.222. The smallest absolute Gasteiger partial charge is 0.222 e. The van der Waals surface area contributed by atoms with Crippen molar-refractivity contribution in [3.63, 3.8) is 0 Å². The van der Waals surface area contributed by atoms with Crippen molar-refractivity contribution in [2.24, 2.45) is 0 Å². The van der Waals surface area contributed by atoms with Crippen molar-refractivity contribution in [3.05, 3.63) is 30.6 Å². The standard InChI is InChI=1S/C9H12N6/c10-7-3-13-9(14-4-7)12-2-1-8-5-11-6-15-8/h3-6H,1-2,10H2,(H,11,15)(H,12,13,14). The van der Waals surface area contributed by atoms with Crippen LogP contribution in [0.5, 0.6) is 0 Å². The Labute approximate surface area is 87.0 Å². The summed E-state index contributed by atoms with van der Waals surface area (Å²) in [6.45, 7) is 0.756. The van der Waals surface area contributed by atoms with E-state index in [1.54, 1.807) is 24.9 Å². The number of hydrogen-bond donors (Lipinski definition) is 3. The highest BCUT2D eigenvalue weighted by molar-refractivity contribution is 5.35. The molecule has 0 atom stereocenters. The minimum Gasteiger partial charge on any atom is -0.396 e. The molecule has 0 saturated carbocycles. The molecule has 0 aliphatic heterocycles. The first-order valence-electron chi connectivity index (χ1n) is 4.63. The third kappa shape index (κ3) is 2.67. The number of nitrogens with zero attached hydrogens (tertiary/aromatic N) is 3. The molecule has 0 amide bonds. The van der Waals surface area contributed by atoms with Gasteiger partial charge in [-0.2, -0.15) is 0 Å². The summed E-state index contributed by atoms with van der Waals surface area (Å²) >= 11 is 0. The second-order valence-electron chi connectivity index (χ2n) is 3.09. The fourth-order valence-electron chi connectivity index (χ4n) is 1.16. The molecule has 6 nitrogen and oxygen atoms in total.